The molecule has 1 N–H and O–H groups in total. The lowest BCUT2D eigenvalue weighted by molar-refractivity contribution is -0.151. The van der Waals surface area contributed by atoms with Crippen LogP contribution in [0.5, 0.6) is 0 Å². The number of carbonyl (C=O) groups is 1. The number of rotatable bonds is 7. The Balaban J connectivity index is 1.98. The lowest BCUT2D eigenvalue weighted by Gasteiger charge is -2.28. The molecule has 1 aromatic carbocycles. The van der Waals surface area contributed by atoms with Gasteiger partial charge in [0.1, 0.15) is 5.54 Å². The molecule has 0 radical (unpaired) electrons. The van der Waals surface area contributed by atoms with Crippen LogP contribution in [0.2, 0.25) is 0 Å². The molecule has 0 saturated heterocycles. The second-order valence-corrected chi connectivity index (χ2v) is 5.54. The molecule has 1 aliphatic rings. The largest absolute Gasteiger partial charge is 0.465 e. The Morgan fingerprint density at radius 1 is 1.37 bits per heavy atom. The quantitative estimate of drug-likeness (QED) is 0.767. The Kier molecular flexibility index (Phi) is 4.59. The fraction of sp³-hybridized carbons (Fsp3) is 0.562. The van der Waals surface area contributed by atoms with Gasteiger partial charge in [-0.05, 0) is 31.7 Å². The van der Waals surface area contributed by atoms with Gasteiger partial charge in [-0.15, -0.1) is 0 Å². The third kappa shape index (κ3) is 4.06. The maximum atomic E-state index is 12.2. The van der Waals surface area contributed by atoms with Crippen molar-refractivity contribution in [2.24, 2.45) is 5.92 Å². The Bertz CT molecular complexity index is 414. The van der Waals surface area contributed by atoms with Crippen LogP contribution >= 0.6 is 0 Å². The van der Waals surface area contributed by atoms with Crippen molar-refractivity contribution < 1.29 is 9.53 Å². The number of ether oxygens (including phenoxy) is 1. The summed E-state index contributed by atoms with van der Waals surface area (Å²) in [6, 6.07) is 10.2. The van der Waals surface area contributed by atoms with Gasteiger partial charge in [0.15, 0.2) is 0 Å². The van der Waals surface area contributed by atoms with E-state index in [0.717, 1.165) is 6.42 Å². The molecule has 0 aliphatic heterocycles. The first kappa shape index (κ1) is 14.1. The van der Waals surface area contributed by atoms with Gasteiger partial charge >= 0.3 is 5.97 Å². The van der Waals surface area contributed by atoms with E-state index < -0.39 is 5.54 Å². The van der Waals surface area contributed by atoms with Crippen LogP contribution in [0.1, 0.15) is 38.7 Å². The first-order valence-corrected chi connectivity index (χ1v) is 7.10. The first-order valence-electron chi connectivity index (χ1n) is 7.10. The Morgan fingerprint density at radius 2 is 2.05 bits per heavy atom. The van der Waals surface area contributed by atoms with E-state index in [1.54, 1.807) is 0 Å². The summed E-state index contributed by atoms with van der Waals surface area (Å²) in [5.41, 5.74) is 0.626. The predicted octanol–water partition coefficient (Wildman–Crippen LogP) is 2.90. The van der Waals surface area contributed by atoms with Crippen LogP contribution in [0.4, 0.5) is 0 Å². The molecule has 0 spiro atoms. The number of esters is 1. The van der Waals surface area contributed by atoms with Crippen molar-refractivity contribution in [2.45, 2.75) is 45.2 Å². The Morgan fingerprint density at radius 3 is 2.63 bits per heavy atom. The van der Waals surface area contributed by atoms with E-state index in [9.17, 15) is 4.79 Å². The average molecular weight is 261 g/mol. The minimum atomic E-state index is -0.562. The zero-order valence-electron chi connectivity index (χ0n) is 11.8. The molecule has 1 saturated carbocycles. The fourth-order valence-electron chi connectivity index (χ4n) is 2.31. The third-order valence-electron chi connectivity index (χ3n) is 3.65. The zero-order valence-corrected chi connectivity index (χ0v) is 11.8. The summed E-state index contributed by atoms with van der Waals surface area (Å²) >= 11 is 0. The van der Waals surface area contributed by atoms with Gasteiger partial charge in [0.2, 0.25) is 0 Å². The van der Waals surface area contributed by atoms with Crippen molar-refractivity contribution in [3.8, 4) is 0 Å². The second kappa shape index (κ2) is 6.20. The fourth-order valence-corrected chi connectivity index (χ4v) is 2.31. The molecule has 0 amide bonds. The van der Waals surface area contributed by atoms with Gasteiger partial charge in [-0.1, -0.05) is 43.2 Å². The number of carbonyl (C=O) groups excluding carboxylic acids is 1. The summed E-state index contributed by atoms with van der Waals surface area (Å²) in [7, 11) is 0. The van der Waals surface area contributed by atoms with E-state index in [1.807, 2.05) is 32.0 Å². The van der Waals surface area contributed by atoms with Crippen molar-refractivity contribution in [1.29, 1.82) is 0 Å². The van der Waals surface area contributed by atoms with Crippen LogP contribution in [0, 0.1) is 5.92 Å². The van der Waals surface area contributed by atoms with Crippen LogP contribution in [0.15, 0.2) is 30.3 Å². The molecule has 1 atom stereocenters. The van der Waals surface area contributed by atoms with Crippen molar-refractivity contribution in [2.75, 3.05) is 6.61 Å². The van der Waals surface area contributed by atoms with Crippen LogP contribution in [-0.2, 0) is 16.1 Å². The van der Waals surface area contributed by atoms with E-state index in [-0.39, 0.29) is 5.97 Å². The molecule has 3 nitrogen and oxygen atoms in total. The van der Waals surface area contributed by atoms with Crippen molar-refractivity contribution in [1.82, 2.24) is 5.32 Å². The topological polar surface area (TPSA) is 38.3 Å². The second-order valence-electron chi connectivity index (χ2n) is 5.54. The van der Waals surface area contributed by atoms with Gasteiger partial charge < -0.3 is 4.74 Å². The monoisotopic (exact) mass is 261 g/mol. The van der Waals surface area contributed by atoms with Crippen LogP contribution in [0.25, 0.3) is 0 Å². The molecule has 0 aromatic heterocycles. The molecular weight excluding hydrogens is 238 g/mol. The number of nitrogens with one attached hydrogen (secondary N) is 1. The van der Waals surface area contributed by atoms with E-state index in [2.05, 4.69) is 17.4 Å². The van der Waals surface area contributed by atoms with Crippen molar-refractivity contribution in [3.05, 3.63) is 35.9 Å². The maximum absolute atomic E-state index is 12.2. The van der Waals surface area contributed by atoms with E-state index in [4.69, 9.17) is 4.74 Å². The molecule has 19 heavy (non-hydrogen) atoms. The summed E-state index contributed by atoms with van der Waals surface area (Å²) in [5, 5.41) is 3.39. The standard InChI is InChI=1S/C16H23NO2/c1-3-19-15(18)16(2,11-13-9-10-13)17-12-14-7-5-4-6-8-14/h4-8,13,17H,3,9-12H2,1-2H3. The van der Waals surface area contributed by atoms with Crippen LogP contribution in [-0.4, -0.2) is 18.1 Å². The van der Waals surface area contributed by atoms with Crippen molar-refractivity contribution >= 4 is 5.97 Å². The number of hydrogen-bond acceptors (Lipinski definition) is 3. The molecule has 2 rings (SSSR count). The minimum absolute atomic E-state index is 0.127. The Labute approximate surface area is 115 Å². The van der Waals surface area contributed by atoms with E-state index in [1.165, 1.54) is 18.4 Å². The van der Waals surface area contributed by atoms with E-state index >= 15 is 0 Å². The predicted molar refractivity (Wildman–Crippen MR) is 75.7 cm³/mol. The van der Waals surface area contributed by atoms with Gasteiger partial charge in [0, 0.05) is 6.54 Å². The summed E-state index contributed by atoms with van der Waals surface area (Å²) < 4.78 is 5.22. The molecular formula is C16H23NO2. The minimum Gasteiger partial charge on any atom is -0.465 e. The highest BCUT2D eigenvalue weighted by atomic mass is 16.5. The number of hydrogen-bond donors (Lipinski definition) is 1. The lowest BCUT2D eigenvalue weighted by Crippen LogP contribution is -2.50. The highest BCUT2D eigenvalue weighted by molar-refractivity contribution is 5.80. The molecule has 1 aliphatic carbocycles. The van der Waals surface area contributed by atoms with Gasteiger partial charge in [0.05, 0.1) is 6.61 Å². The zero-order chi connectivity index (χ0) is 13.7. The van der Waals surface area contributed by atoms with Crippen LogP contribution in [0.3, 0.4) is 0 Å². The molecule has 0 bridgehead atoms. The molecule has 104 valence electrons. The average Bonchev–Trinajstić information content (AvgIpc) is 3.22. The SMILES string of the molecule is CCOC(=O)C(C)(CC1CC1)NCc1ccccc1. The molecule has 1 aromatic rings. The molecule has 0 heterocycles. The smallest absolute Gasteiger partial charge is 0.326 e. The molecule has 3 heteroatoms. The van der Waals surface area contributed by atoms with E-state index in [0.29, 0.717) is 19.1 Å². The molecule has 1 fully saturated rings. The normalized spacial score (nSPS) is 17.8. The van der Waals surface area contributed by atoms with Gasteiger partial charge in [0.25, 0.3) is 0 Å². The maximum Gasteiger partial charge on any atom is 0.326 e. The van der Waals surface area contributed by atoms with Crippen molar-refractivity contribution in [3.63, 3.8) is 0 Å². The summed E-state index contributed by atoms with van der Waals surface area (Å²) in [6.45, 7) is 4.95. The lowest BCUT2D eigenvalue weighted by atomic mass is 9.94. The van der Waals surface area contributed by atoms with Gasteiger partial charge in [-0.3, -0.25) is 10.1 Å². The van der Waals surface area contributed by atoms with Crippen LogP contribution < -0.4 is 5.32 Å². The number of benzene rings is 1. The molecule has 1 unspecified atom stereocenters. The summed E-state index contributed by atoms with van der Waals surface area (Å²) in [6.07, 6.45) is 3.35. The first-order chi connectivity index (χ1) is 9.14. The Hall–Kier alpha value is -1.35. The highest BCUT2D eigenvalue weighted by Gasteiger charge is 2.39. The van der Waals surface area contributed by atoms with Gasteiger partial charge in [-0.2, -0.15) is 0 Å². The highest BCUT2D eigenvalue weighted by Crippen LogP contribution is 2.37. The van der Waals surface area contributed by atoms with Gasteiger partial charge in [-0.25, -0.2) is 0 Å². The third-order valence-corrected chi connectivity index (χ3v) is 3.65. The summed E-state index contributed by atoms with van der Waals surface area (Å²) in [4.78, 5) is 12.2. The summed E-state index contributed by atoms with van der Waals surface area (Å²) in [5.74, 6) is 0.551.